The molecule has 0 atom stereocenters. The molecule has 0 aliphatic heterocycles. The molecule has 0 bridgehead atoms. The van der Waals surface area contributed by atoms with E-state index in [-0.39, 0.29) is 7.43 Å². The van der Waals surface area contributed by atoms with Crippen LogP contribution in [0, 0.1) is 5.41 Å². The second-order valence-corrected chi connectivity index (χ2v) is 3.41. The van der Waals surface area contributed by atoms with E-state index in [9.17, 15) is 0 Å². The largest absolute Gasteiger partial charge is 0.0776 e. The van der Waals surface area contributed by atoms with Gasteiger partial charge in [0, 0.05) is 0 Å². The van der Waals surface area contributed by atoms with Gasteiger partial charge < -0.3 is 0 Å². The quantitative estimate of drug-likeness (QED) is 0.511. The van der Waals surface area contributed by atoms with Gasteiger partial charge in [-0.1, -0.05) is 74.7 Å². The topological polar surface area (TPSA) is 0 Å². The zero-order chi connectivity index (χ0) is 10.7. The van der Waals surface area contributed by atoms with Crippen LogP contribution in [-0.2, 0) is 0 Å². The van der Waals surface area contributed by atoms with E-state index in [4.69, 9.17) is 0 Å². The van der Waals surface area contributed by atoms with Gasteiger partial charge in [0.1, 0.15) is 0 Å². The summed E-state index contributed by atoms with van der Waals surface area (Å²) < 4.78 is 0. The van der Waals surface area contributed by atoms with Crippen molar-refractivity contribution in [2.45, 2.75) is 87.5 Å². The summed E-state index contributed by atoms with van der Waals surface area (Å²) in [7, 11) is 0. The second kappa shape index (κ2) is 13.0. The summed E-state index contributed by atoms with van der Waals surface area (Å²) in [6.45, 7) is 12.7. The smallest absolute Gasteiger partial charge is 0.0303 e. The van der Waals surface area contributed by atoms with Gasteiger partial charge in [-0.15, -0.1) is 0 Å². The first-order valence-corrected chi connectivity index (χ1v) is 6.33. The number of hydrogen-bond donors (Lipinski definition) is 0. The summed E-state index contributed by atoms with van der Waals surface area (Å²) in [5.74, 6) is 0. The summed E-state index contributed by atoms with van der Waals surface area (Å²) in [5.41, 5.74) is 0.778. The average molecular weight is 202 g/mol. The van der Waals surface area contributed by atoms with E-state index in [0.717, 1.165) is 5.41 Å². The highest BCUT2D eigenvalue weighted by Crippen LogP contribution is 2.43. The average Bonchev–Trinajstić information content (AvgIpc) is 2.73. The summed E-state index contributed by atoms with van der Waals surface area (Å²) in [6, 6.07) is 0. The maximum atomic E-state index is 2.34. The highest BCUT2D eigenvalue weighted by molar-refractivity contribution is 4.81. The van der Waals surface area contributed by atoms with Crippen LogP contribution >= 0.6 is 0 Å². The second-order valence-electron chi connectivity index (χ2n) is 3.41. The molecule has 1 saturated carbocycles. The normalized spacial score (nSPS) is 16.7. The fourth-order valence-electron chi connectivity index (χ4n) is 2.08. The summed E-state index contributed by atoms with van der Waals surface area (Å²) in [5, 5.41) is 0. The Balaban J connectivity index is -0.000000216. The Morgan fingerprint density at radius 2 is 1.07 bits per heavy atom. The summed E-state index contributed by atoms with van der Waals surface area (Å²) in [4.78, 5) is 0. The lowest BCUT2D eigenvalue weighted by Gasteiger charge is -2.24. The van der Waals surface area contributed by atoms with Crippen LogP contribution in [0.5, 0.6) is 0 Å². The van der Waals surface area contributed by atoms with Crippen LogP contribution in [0.25, 0.3) is 0 Å². The van der Waals surface area contributed by atoms with Crippen molar-refractivity contribution < 1.29 is 0 Å². The van der Waals surface area contributed by atoms with E-state index in [2.05, 4.69) is 13.8 Å². The molecule has 14 heavy (non-hydrogen) atoms. The molecule has 0 aromatic carbocycles. The fourth-order valence-corrected chi connectivity index (χ4v) is 2.08. The molecule has 0 N–H and O–H groups in total. The molecule has 0 amide bonds. The molecule has 1 aliphatic rings. The molecule has 0 unspecified atom stereocenters. The molecule has 1 rings (SSSR count). The molecule has 0 aromatic rings. The zero-order valence-electron chi connectivity index (χ0n) is 10.7. The van der Waals surface area contributed by atoms with Gasteiger partial charge in [0.2, 0.25) is 0 Å². The maximum Gasteiger partial charge on any atom is -0.0303 e. The SMILES string of the molecule is C.CC.CC.CCC1(CC)CCCC1. The van der Waals surface area contributed by atoms with Crippen LogP contribution in [0.15, 0.2) is 0 Å². The van der Waals surface area contributed by atoms with Crippen molar-refractivity contribution in [1.82, 2.24) is 0 Å². The van der Waals surface area contributed by atoms with Crippen LogP contribution in [0.2, 0.25) is 0 Å². The third-order valence-electron chi connectivity index (χ3n) is 3.16. The molecule has 1 aliphatic carbocycles. The van der Waals surface area contributed by atoms with Gasteiger partial charge in [-0.3, -0.25) is 0 Å². The van der Waals surface area contributed by atoms with Gasteiger partial charge in [0.25, 0.3) is 0 Å². The Morgan fingerprint density at radius 1 is 0.786 bits per heavy atom. The Labute approximate surface area is 93.5 Å². The Bertz CT molecular complexity index is 72.0. The van der Waals surface area contributed by atoms with Crippen molar-refractivity contribution in [3.63, 3.8) is 0 Å². The van der Waals surface area contributed by atoms with Crippen LogP contribution in [0.3, 0.4) is 0 Å². The Hall–Kier alpha value is 0. The predicted octanol–water partition coefficient (Wildman–Crippen LogP) is 6.06. The third-order valence-corrected chi connectivity index (χ3v) is 3.16. The van der Waals surface area contributed by atoms with Crippen molar-refractivity contribution in [3.8, 4) is 0 Å². The molecule has 0 aromatic heterocycles. The van der Waals surface area contributed by atoms with Crippen LogP contribution < -0.4 is 0 Å². The molecule has 0 heterocycles. The van der Waals surface area contributed by atoms with Crippen molar-refractivity contribution >= 4 is 0 Å². The molecule has 1 fully saturated rings. The summed E-state index contributed by atoms with van der Waals surface area (Å²) >= 11 is 0. The first-order chi connectivity index (χ1) is 6.33. The minimum atomic E-state index is 0. The first-order valence-electron chi connectivity index (χ1n) is 6.33. The molecule has 0 heteroatoms. The van der Waals surface area contributed by atoms with Crippen LogP contribution in [0.4, 0.5) is 0 Å². The van der Waals surface area contributed by atoms with E-state index in [1.165, 1.54) is 38.5 Å². The molecular weight excluding hydrogens is 168 g/mol. The van der Waals surface area contributed by atoms with Crippen molar-refractivity contribution in [2.75, 3.05) is 0 Å². The van der Waals surface area contributed by atoms with Crippen LogP contribution in [0.1, 0.15) is 87.5 Å². The molecular formula is C14H34. The highest BCUT2D eigenvalue weighted by atomic mass is 14.3. The Kier molecular flexibility index (Phi) is 18.2. The maximum absolute atomic E-state index is 2.34. The zero-order valence-corrected chi connectivity index (χ0v) is 10.7. The predicted molar refractivity (Wildman–Crippen MR) is 70.9 cm³/mol. The molecule has 0 radical (unpaired) electrons. The van der Waals surface area contributed by atoms with Gasteiger partial charge >= 0.3 is 0 Å². The monoisotopic (exact) mass is 202 g/mol. The lowest BCUT2D eigenvalue weighted by atomic mass is 9.81. The van der Waals surface area contributed by atoms with Crippen molar-refractivity contribution in [3.05, 3.63) is 0 Å². The minimum absolute atomic E-state index is 0. The highest BCUT2D eigenvalue weighted by Gasteiger charge is 2.29. The van der Waals surface area contributed by atoms with Gasteiger partial charge in [-0.05, 0) is 18.3 Å². The lowest BCUT2D eigenvalue weighted by molar-refractivity contribution is 0.273. The van der Waals surface area contributed by atoms with E-state index >= 15 is 0 Å². The minimum Gasteiger partial charge on any atom is -0.0776 e. The van der Waals surface area contributed by atoms with Gasteiger partial charge in [-0.2, -0.15) is 0 Å². The molecule has 0 nitrogen and oxygen atoms in total. The number of hydrogen-bond acceptors (Lipinski definition) is 0. The van der Waals surface area contributed by atoms with Crippen molar-refractivity contribution in [2.24, 2.45) is 5.41 Å². The van der Waals surface area contributed by atoms with Gasteiger partial charge in [-0.25, -0.2) is 0 Å². The Morgan fingerprint density at radius 3 is 1.21 bits per heavy atom. The fraction of sp³-hybridized carbons (Fsp3) is 1.00. The third kappa shape index (κ3) is 6.45. The van der Waals surface area contributed by atoms with E-state index in [0.29, 0.717) is 0 Å². The summed E-state index contributed by atoms with van der Waals surface area (Å²) in [6.07, 6.45) is 8.79. The standard InChI is InChI=1S/C9H18.2C2H6.CH4/c1-3-9(4-2)7-5-6-8-9;2*1-2;/h3-8H2,1-2H3;2*1-2H3;1H4. The van der Waals surface area contributed by atoms with E-state index < -0.39 is 0 Å². The number of rotatable bonds is 2. The first kappa shape index (κ1) is 19.6. The lowest BCUT2D eigenvalue weighted by Crippen LogP contribution is -2.12. The molecule has 0 spiro atoms. The van der Waals surface area contributed by atoms with Gasteiger partial charge in [0.15, 0.2) is 0 Å². The molecule has 90 valence electrons. The van der Waals surface area contributed by atoms with E-state index in [1.54, 1.807) is 0 Å². The van der Waals surface area contributed by atoms with Crippen molar-refractivity contribution in [1.29, 1.82) is 0 Å². The molecule has 0 saturated heterocycles. The van der Waals surface area contributed by atoms with Gasteiger partial charge in [0.05, 0.1) is 0 Å². The van der Waals surface area contributed by atoms with Crippen LogP contribution in [-0.4, -0.2) is 0 Å². The van der Waals surface area contributed by atoms with E-state index in [1.807, 2.05) is 27.7 Å².